The van der Waals surface area contributed by atoms with Crippen LogP contribution in [-0.2, 0) is 0 Å². The van der Waals surface area contributed by atoms with Crippen molar-refractivity contribution >= 4 is 0 Å². The number of benzene rings is 1. The van der Waals surface area contributed by atoms with Crippen molar-refractivity contribution in [1.82, 2.24) is 0 Å². The Balaban J connectivity index is 3.24. The first-order valence-corrected chi connectivity index (χ1v) is 3.99. The van der Waals surface area contributed by atoms with Crippen molar-refractivity contribution in [2.75, 3.05) is 0 Å². The smallest absolute Gasteiger partial charge is 0.0994 e. The van der Waals surface area contributed by atoms with Crippen LogP contribution in [-0.4, -0.2) is 0 Å². The van der Waals surface area contributed by atoms with Crippen LogP contribution in [0.5, 0.6) is 0 Å². The van der Waals surface area contributed by atoms with Gasteiger partial charge < -0.3 is 0 Å². The highest BCUT2D eigenvalue weighted by atomic mass is 14.2. The van der Waals surface area contributed by atoms with Crippen LogP contribution in [0.1, 0.15) is 29.5 Å². The molecule has 0 bridgehead atoms. The highest BCUT2D eigenvalue weighted by Crippen LogP contribution is 2.19. The van der Waals surface area contributed by atoms with Crippen LogP contribution in [0.4, 0.5) is 0 Å². The van der Waals surface area contributed by atoms with Crippen molar-refractivity contribution in [2.45, 2.75) is 19.8 Å². The lowest BCUT2D eigenvalue weighted by Gasteiger charge is -2.07. The van der Waals surface area contributed by atoms with Gasteiger partial charge in [0.1, 0.15) is 0 Å². The van der Waals surface area contributed by atoms with E-state index in [2.05, 4.69) is 13.0 Å². The minimum atomic E-state index is 0.180. The molecule has 1 heteroatoms. The first-order chi connectivity index (χ1) is 5.65. The van der Waals surface area contributed by atoms with E-state index in [9.17, 15) is 0 Å². The van der Waals surface area contributed by atoms with Crippen LogP contribution in [0.15, 0.2) is 18.2 Å². The van der Waals surface area contributed by atoms with Gasteiger partial charge in [-0.1, -0.05) is 24.6 Å². The Labute approximate surface area is 73.6 Å². The van der Waals surface area contributed by atoms with Crippen molar-refractivity contribution < 1.29 is 0 Å². The molecule has 0 amide bonds. The van der Waals surface area contributed by atoms with Crippen molar-refractivity contribution in [3.63, 3.8) is 0 Å². The molecule has 0 spiro atoms. The predicted octanol–water partition coefficient (Wildman–Crippen LogP) is 2.80. The van der Waals surface area contributed by atoms with Gasteiger partial charge in [0, 0.05) is 0 Å². The lowest BCUT2D eigenvalue weighted by molar-refractivity contribution is 0.955. The first kappa shape index (κ1) is 8.80. The third-order valence-corrected chi connectivity index (χ3v) is 1.86. The zero-order valence-electron chi connectivity index (χ0n) is 7.46. The van der Waals surface area contributed by atoms with Crippen molar-refractivity contribution in [2.24, 2.45) is 0 Å². The molecule has 0 aliphatic heterocycles. The molecule has 0 aliphatic carbocycles. The number of aryl methyl sites for hydroxylation is 1. The van der Waals surface area contributed by atoms with E-state index in [1.807, 2.05) is 32.0 Å². The van der Waals surface area contributed by atoms with Gasteiger partial charge in [0.05, 0.1) is 11.6 Å². The lowest BCUT2D eigenvalue weighted by Crippen LogP contribution is -1.93. The van der Waals surface area contributed by atoms with Crippen LogP contribution >= 0.6 is 0 Å². The summed E-state index contributed by atoms with van der Waals surface area (Å²) >= 11 is 0. The van der Waals surface area contributed by atoms with E-state index in [0.29, 0.717) is 0 Å². The quantitative estimate of drug-likeness (QED) is 0.616. The fourth-order valence-corrected chi connectivity index (χ4v) is 1.19. The summed E-state index contributed by atoms with van der Waals surface area (Å²) in [5, 5.41) is 8.78. The monoisotopic (exact) mass is 158 g/mol. The molecule has 1 aromatic rings. The van der Waals surface area contributed by atoms with Gasteiger partial charge in [0.2, 0.25) is 0 Å². The van der Waals surface area contributed by atoms with E-state index in [1.165, 1.54) is 5.56 Å². The summed E-state index contributed by atoms with van der Waals surface area (Å²) in [6, 6.07) is 7.99. The molecule has 0 fully saturated rings. The molecule has 1 nitrogen and oxygen atoms in total. The van der Waals surface area contributed by atoms with E-state index in [0.717, 1.165) is 11.1 Å². The van der Waals surface area contributed by atoms with E-state index >= 15 is 0 Å². The summed E-state index contributed by atoms with van der Waals surface area (Å²) < 4.78 is 0. The zero-order valence-corrected chi connectivity index (χ0v) is 7.46. The standard InChI is InChI=1S/C11H12N/c1-8(2)11-6-9(3)4-5-10(11)7-12/h4-6,8H,1H2,2-3H3. The number of nitrogens with zero attached hydrogens (tertiary/aromatic N) is 1. The molecule has 1 unspecified atom stereocenters. The van der Waals surface area contributed by atoms with Gasteiger partial charge in [-0.25, -0.2) is 0 Å². The fraction of sp³-hybridized carbons (Fsp3) is 0.273. The summed E-state index contributed by atoms with van der Waals surface area (Å²) in [5.41, 5.74) is 2.96. The average Bonchev–Trinajstić information content (AvgIpc) is 2.04. The van der Waals surface area contributed by atoms with Crippen LogP contribution in [0, 0.1) is 25.2 Å². The maximum Gasteiger partial charge on any atom is 0.0994 e. The van der Waals surface area contributed by atoms with Gasteiger partial charge in [-0.3, -0.25) is 0 Å². The van der Waals surface area contributed by atoms with E-state index in [1.54, 1.807) is 0 Å². The molecule has 1 aromatic carbocycles. The molecule has 0 saturated carbocycles. The highest BCUT2D eigenvalue weighted by Gasteiger charge is 2.05. The Morgan fingerprint density at radius 3 is 2.67 bits per heavy atom. The van der Waals surface area contributed by atoms with Crippen LogP contribution in [0.25, 0.3) is 0 Å². The average molecular weight is 158 g/mol. The summed E-state index contributed by atoms with van der Waals surface area (Å²) in [6.45, 7) is 7.92. The first-order valence-electron chi connectivity index (χ1n) is 3.99. The molecule has 61 valence electrons. The van der Waals surface area contributed by atoms with Crippen LogP contribution in [0.3, 0.4) is 0 Å². The molecule has 0 aromatic heterocycles. The molecular formula is C11H12N. The van der Waals surface area contributed by atoms with Gasteiger partial charge in [0.25, 0.3) is 0 Å². The summed E-state index contributed by atoms with van der Waals surface area (Å²) in [4.78, 5) is 0. The minimum Gasteiger partial charge on any atom is -0.192 e. The molecule has 0 heterocycles. The maximum absolute atomic E-state index is 8.78. The van der Waals surface area contributed by atoms with Crippen LogP contribution in [0.2, 0.25) is 0 Å². The normalized spacial score (nSPS) is 9.92. The Morgan fingerprint density at radius 2 is 2.17 bits per heavy atom. The molecule has 0 N–H and O–H groups in total. The molecule has 1 rings (SSSR count). The second-order valence-corrected chi connectivity index (χ2v) is 3.10. The van der Waals surface area contributed by atoms with Crippen molar-refractivity contribution in [1.29, 1.82) is 5.26 Å². The molecule has 0 saturated heterocycles. The fourth-order valence-electron chi connectivity index (χ4n) is 1.19. The molecule has 1 radical (unpaired) electrons. The van der Waals surface area contributed by atoms with Crippen molar-refractivity contribution in [3.05, 3.63) is 41.8 Å². The molecule has 0 aliphatic rings. The summed E-state index contributed by atoms with van der Waals surface area (Å²) in [7, 11) is 0. The third-order valence-electron chi connectivity index (χ3n) is 1.86. The second-order valence-electron chi connectivity index (χ2n) is 3.10. The molecule has 12 heavy (non-hydrogen) atoms. The number of nitriles is 1. The topological polar surface area (TPSA) is 23.8 Å². The summed E-state index contributed by atoms with van der Waals surface area (Å²) in [5.74, 6) is 0.180. The lowest BCUT2D eigenvalue weighted by atomic mass is 9.96. The minimum absolute atomic E-state index is 0.180. The maximum atomic E-state index is 8.78. The van der Waals surface area contributed by atoms with Gasteiger partial charge in [0.15, 0.2) is 0 Å². The Hall–Kier alpha value is -1.29. The van der Waals surface area contributed by atoms with Gasteiger partial charge in [-0.2, -0.15) is 5.26 Å². The number of rotatable bonds is 1. The van der Waals surface area contributed by atoms with Crippen LogP contribution < -0.4 is 0 Å². The molecule has 1 atom stereocenters. The number of hydrogen-bond donors (Lipinski definition) is 0. The number of hydrogen-bond acceptors (Lipinski definition) is 1. The third kappa shape index (κ3) is 1.65. The predicted molar refractivity (Wildman–Crippen MR) is 49.7 cm³/mol. The largest absolute Gasteiger partial charge is 0.192 e. The SMILES string of the molecule is [CH2]C(C)c1cc(C)ccc1C#N. The Bertz CT molecular complexity index is 318. The van der Waals surface area contributed by atoms with E-state index in [4.69, 9.17) is 5.26 Å². The summed E-state index contributed by atoms with van der Waals surface area (Å²) in [6.07, 6.45) is 0. The Morgan fingerprint density at radius 1 is 1.50 bits per heavy atom. The zero-order chi connectivity index (χ0) is 9.14. The van der Waals surface area contributed by atoms with Gasteiger partial charge >= 0.3 is 0 Å². The second kappa shape index (κ2) is 3.40. The highest BCUT2D eigenvalue weighted by molar-refractivity contribution is 5.42. The van der Waals surface area contributed by atoms with E-state index < -0.39 is 0 Å². The van der Waals surface area contributed by atoms with E-state index in [-0.39, 0.29) is 5.92 Å². The Kier molecular flexibility index (Phi) is 2.50. The van der Waals surface area contributed by atoms with Gasteiger partial charge in [-0.05, 0) is 31.4 Å². The van der Waals surface area contributed by atoms with Gasteiger partial charge in [-0.15, -0.1) is 0 Å². The molecular weight excluding hydrogens is 146 g/mol. The van der Waals surface area contributed by atoms with Crippen molar-refractivity contribution in [3.8, 4) is 6.07 Å².